The minimum Gasteiger partial charge on any atom is -0.493 e. The molecule has 6 heteroatoms. The van der Waals surface area contributed by atoms with E-state index in [1.165, 1.54) is 0 Å². The van der Waals surface area contributed by atoms with Crippen molar-refractivity contribution in [3.05, 3.63) is 42.5 Å². The second kappa shape index (κ2) is 7.67. The molecule has 2 aromatic rings. The van der Waals surface area contributed by atoms with Crippen LogP contribution in [0.5, 0.6) is 11.5 Å². The summed E-state index contributed by atoms with van der Waals surface area (Å²) in [6, 6.07) is 5.22. The van der Waals surface area contributed by atoms with E-state index in [9.17, 15) is 4.79 Å². The van der Waals surface area contributed by atoms with Crippen LogP contribution in [-0.2, 0) is 4.79 Å². The van der Waals surface area contributed by atoms with E-state index in [4.69, 9.17) is 9.47 Å². The molecule has 0 saturated carbocycles. The van der Waals surface area contributed by atoms with Crippen LogP contribution in [0.15, 0.2) is 36.9 Å². The lowest BCUT2D eigenvalue weighted by atomic mass is 10.1. The Morgan fingerprint density at radius 1 is 1.35 bits per heavy atom. The molecule has 2 unspecified atom stereocenters. The first-order valence-corrected chi connectivity index (χ1v) is 7.65. The van der Waals surface area contributed by atoms with Gasteiger partial charge in [0.15, 0.2) is 11.5 Å². The summed E-state index contributed by atoms with van der Waals surface area (Å²) in [5, 5.41) is 3.00. The Hall–Kier alpha value is -2.50. The Morgan fingerprint density at radius 3 is 2.74 bits per heavy atom. The summed E-state index contributed by atoms with van der Waals surface area (Å²) >= 11 is 0. The summed E-state index contributed by atoms with van der Waals surface area (Å²) < 4.78 is 12.6. The number of imidazole rings is 1. The lowest BCUT2D eigenvalue weighted by Gasteiger charge is -2.20. The van der Waals surface area contributed by atoms with Crippen molar-refractivity contribution in [2.75, 3.05) is 13.7 Å². The van der Waals surface area contributed by atoms with Crippen molar-refractivity contribution in [2.24, 2.45) is 0 Å². The zero-order valence-electron chi connectivity index (χ0n) is 13.9. The quantitative estimate of drug-likeness (QED) is 0.853. The number of ether oxygens (including phenoxy) is 2. The highest BCUT2D eigenvalue weighted by Gasteiger charge is 2.18. The lowest BCUT2D eigenvalue weighted by Crippen LogP contribution is -2.32. The molecule has 6 nitrogen and oxygen atoms in total. The Bertz CT molecular complexity index is 641. The van der Waals surface area contributed by atoms with Crippen molar-refractivity contribution in [2.45, 2.75) is 32.9 Å². The molecule has 0 saturated heterocycles. The first kappa shape index (κ1) is 16.9. The summed E-state index contributed by atoms with van der Waals surface area (Å²) in [6.07, 6.45) is 5.06. The predicted molar refractivity (Wildman–Crippen MR) is 87.7 cm³/mol. The van der Waals surface area contributed by atoms with Crippen LogP contribution in [-0.4, -0.2) is 29.2 Å². The number of hydrogen-bond acceptors (Lipinski definition) is 4. The summed E-state index contributed by atoms with van der Waals surface area (Å²) in [6.45, 7) is 6.27. The molecule has 0 aliphatic carbocycles. The molecule has 0 spiro atoms. The SMILES string of the molecule is CCOc1ccc(C(C)NC(=O)C(C)n2ccnc2)cc1OC. The number of methoxy groups -OCH3 is 1. The maximum Gasteiger partial charge on any atom is 0.243 e. The molecule has 1 heterocycles. The zero-order valence-corrected chi connectivity index (χ0v) is 13.9. The van der Waals surface area contributed by atoms with Crippen LogP contribution in [0.3, 0.4) is 0 Å². The number of carbonyl (C=O) groups excluding carboxylic acids is 1. The number of rotatable bonds is 7. The Labute approximate surface area is 136 Å². The monoisotopic (exact) mass is 317 g/mol. The van der Waals surface area contributed by atoms with Gasteiger partial charge in [-0.3, -0.25) is 4.79 Å². The number of amides is 1. The molecule has 0 aliphatic heterocycles. The predicted octanol–water partition coefficient (Wildman–Crippen LogP) is 2.73. The molecular weight excluding hydrogens is 294 g/mol. The molecular formula is C17H23N3O3. The zero-order chi connectivity index (χ0) is 16.8. The third-order valence-corrected chi connectivity index (χ3v) is 3.70. The van der Waals surface area contributed by atoms with E-state index in [2.05, 4.69) is 10.3 Å². The molecule has 1 N–H and O–H groups in total. The first-order chi connectivity index (χ1) is 11.1. The molecule has 0 bridgehead atoms. The van der Waals surface area contributed by atoms with Gasteiger partial charge in [0.1, 0.15) is 6.04 Å². The van der Waals surface area contributed by atoms with E-state index in [-0.39, 0.29) is 18.0 Å². The van der Waals surface area contributed by atoms with Crippen molar-refractivity contribution in [3.63, 3.8) is 0 Å². The van der Waals surface area contributed by atoms with Gasteiger partial charge in [0.2, 0.25) is 5.91 Å². The second-order valence-corrected chi connectivity index (χ2v) is 5.26. The molecule has 2 rings (SSSR count). The summed E-state index contributed by atoms with van der Waals surface area (Å²) in [7, 11) is 1.60. The second-order valence-electron chi connectivity index (χ2n) is 5.26. The van der Waals surface area contributed by atoms with Crippen LogP contribution in [0, 0.1) is 0 Å². The molecule has 23 heavy (non-hydrogen) atoms. The van der Waals surface area contributed by atoms with Gasteiger partial charge in [-0.1, -0.05) is 6.07 Å². The number of benzene rings is 1. The van der Waals surface area contributed by atoms with Gasteiger partial charge >= 0.3 is 0 Å². The van der Waals surface area contributed by atoms with Gasteiger partial charge in [-0.2, -0.15) is 0 Å². The molecule has 1 aromatic heterocycles. The van der Waals surface area contributed by atoms with E-state index in [1.54, 1.807) is 30.4 Å². The largest absolute Gasteiger partial charge is 0.493 e. The van der Waals surface area contributed by atoms with Gasteiger partial charge in [-0.25, -0.2) is 4.98 Å². The average molecular weight is 317 g/mol. The highest BCUT2D eigenvalue weighted by Crippen LogP contribution is 2.30. The number of hydrogen-bond donors (Lipinski definition) is 1. The number of nitrogens with zero attached hydrogens (tertiary/aromatic N) is 2. The molecule has 1 amide bonds. The van der Waals surface area contributed by atoms with Gasteiger partial charge in [0, 0.05) is 12.4 Å². The van der Waals surface area contributed by atoms with Gasteiger partial charge in [-0.15, -0.1) is 0 Å². The molecule has 124 valence electrons. The van der Waals surface area contributed by atoms with Crippen molar-refractivity contribution >= 4 is 5.91 Å². The molecule has 0 fully saturated rings. The van der Waals surface area contributed by atoms with Gasteiger partial charge in [0.05, 0.1) is 26.1 Å². The van der Waals surface area contributed by atoms with Crippen molar-refractivity contribution in [1.29, 1.82) is 0 Å². The van der Waals surface area contributed by atoms with Crippen LogP contribution in [0.1, 0.15) is 38.4 Å². The third-order valence-electron chi connectivity index (χ3n) is 3.70. The van der Waals surface area contributed by atoms with E-state index in [0.29, 0.717) is 18.1 Å². The summed E-state index contributed by atoms with van der Waals surface area (Å²) in [5.74, 6) is 1.29. The van der Waals surface area contributed by atoms with Crippen LogP contribution in [0.2, 0.25) is 0 Å². The average Bonchev–Trinajstić information content (AvgIpc) is 3.09. The Kier molecular flexibility index (Phi) is 5.62. The maximum atomic E-state index is 12.3. The molecule has 1 aromatic carbocycles. The van der Waals surface area contributed by atoms with Gasteiger partial charge in [-0.05, 0) is 38.5 Å². The number of carbonyl (C=O) groups is 1. The minimum atomic E-state index is -0.315. The van der Waals surface area contributed by atoms with Crippen molar-refractivity contribution in [3.8, 4) is 11.5 Å². The van der Waals surface area contributed by atoms with Crippen LogP contribution in [0.4, 0.5) is 0 Å². The topological polar surface area (TPSA) is 65.4 Å². The Balaban J connectivity index is 2.08. The number of nitrogens with one attached hydrogen (secondary N) is 1. The Morgan fingerprint density at radius 2 is 2.13 bits per heavy atom. The molecule has 0 aliphatic rings. The van der Waals surface area contributed by atoms with Gasteiger partial charge < -0.3 is 19.4 Å². The fraction of sp³-hybridized carbons (Fsp3) is 0.412. The number of aromatic nitrogens is 2. The van der Waals surface area contributed by atoms with Crippen LogP contribution in [0.25, 0.3) is 0 Å². The van der Waals surface area contributed by atoms with Crippen LogP contribution < -0.4 is 14.8 Å². The normalized spacial score (nSPS) is 13.2. The smallest absolute Gasteiger partial charge is 0.243 e. The third kappa shape index (κ3) is 4.03. The van der Waals surface area contributed by atoms with E-state index >= 15 is 0 Å². The highest BCUT2D eigenvalue weighted by molar-refractivity contribution is 5.80. The molecule has 0 radical (unpaired) electrons. The molecule has 2 atom stereocenters. The lowest BCUT2D eigenvalue weighted by molar-refractivity contribution is -0.124. The highest BCUT2D eigenvalue weighted by atomic mass is 16.5. The first-order valence-electron chi connectivity index (χ1n) is 7.65. The standard InChI is InChI=1S/C17H23N3O3/c1-5-23-15-7-6-14(10-16(15)22-4)12(2)19-17(21)13(3)20-9-8-18-11-20/h6-13H,5H2,1-4H3,(H,19,21). The summed E-state index contributed by atoms with van der Waals surface area (Å²) in [5.41, 5.74) is 0.955. The minimum absolute atomic E-state index is 0.0663. The van der Waals surface area contributed by atoms with E-state index in [0.717, 1.165) is 5.56 Å². The van der Waals surface area contributed by atoms with Crippen molar-refractivity contribution in [1.82, 2.24) is 14.9 Å². The fourth-order valence-corrected chi connectivity index (χ4v) is 2.28. The maximum absolute atomic E-state index is 12.3. The van der Waals surface area contributed by atoms with E-state index in [1.807, 2.05) is 39.0 Å². The summed E-state index contributed by atoms with van der Waals surface area (Å²) in [4.78, 5) is 16.3. The van der Waals surface area contributed by atoms with E-state index < -0.39 is 0 Å². The fourth-order valence-electron chi connectivity index (χ4n) is 2.28. The van der Waals surface area contributed by atoms with Gasteiger partial charge in [0.25, 0.3) is 0 Å². The van der Waals surface area contributed by atoms with Crippen LogP contribution >= 0.6 is 0 Å². The van der Waals surface area contributed by atoms with Crippen molar-refractivity contribution < 1.29 is 14.3 Å².